The predicted molar refractivity (Wildman–Crippen MR) is 91.8 cm³/mol. The van der Waals surface area contributed by atoms with Crippen LogP contribution in [0.1, 0.15) is 11.1 Å². The molecule has 106 valence electrons. The van der Waals surface area contributed by atoms with Gasteiger partial charge in [0.2, 0.25) is 0 Å². The third-order valence-electron chi connectivity index (χ3n) is 2.81. The van der Waals surface area contributed by atoms with Gasteiger partial charge in [-0.05, 0) is 42.0 Å². The fraction of sp³-hybridized carbons (Fsp3) is 0.200. The monoisotopic (exact) mass is 462 g/mol. The molecule has 0 spiro atoms. The highest BCUT2D eigenvalue weighted by atomic mass is 79.9. The van der Waals surface area contributed by atoms with E-state index in [1.54, 1.807) is 7.11 Å². The molecule has 0 atom stereocenters. The van der Waals surface area contributed by atoms with E-state index in [0.29, 0.717) is 6.61 Å². The van der Waals surface area contributed by atoms with Crippen LogP contribution in [0.25, 0.3) is 0 Å². The van der Waals surface area contributed by atoms with Gasteiger partial charge in [0.1, 0.15) is 18.1 Å². The van der Waals surface area contributed by atoms with Crippen molar-refractivity contribution in [3.8, 4) is 11.5 Å². The molecule has 0 aliphatic heterocycles. The Morgan fingerprint density at radius 2 is 1.50 bits per heavy atom. The molecule has 0 bridgehead atoms. The lowest BCUT2D eigenvalue weighted by molar-refractivity contribution is 0.304. The summed E-state index contributed by atoms with van der Waals surface area (Å²) in [6.45, 7) is 0.487. The Kier molecular flexibility index (Phi) is 5.93. The van der Waals surface area contributed by atoms with E-state index in [4.69, 9.17) is 9.47 Å². The molecule has 0 saturated heterocycles. The molecule has 0 heterocycles. The number of hydrogen-bond acceptors (Lipinski definition) is 2. The summed E-state index contributed by atoms with van der Waals surface area (Å²) in [5.41, 5.74) is 2.21. The van der Waals surface area contributed by atoms with Crippen LogP contribution in [0.4, 0.5) is 0 Å². The van der Waals surface area contributed by atoms with Crippen molar-refractivity contribution >= 4 is 47.8 Å². The second kappa shape index (κ2) is 7.48. The van der Waals surface area contributed by atoms with Gasteiger partial charge in [-0.15, -0.1) is 0 Å². The first-order chi connectivity index (χ1) is 9.63. The average molecular weight is 465 g/mol. The van der Waals surface area contributed by atoms with Gasteiger partial charge in [0, 0.05) is 19.8 Å². The molecular weight excluding hydrogens is 452 g/mol. The maximum Gasteiger partial charge on any atom is 0.120 e. The Morgan fingerprint density at radius 3 is 2.15 bits per heavy atom. The molecule has 5 heteroatoms. The van der Waals surface area contributed by atoms with Gasteiger partial charge < -0.3 is 9.47 Å². The van der Waals surface area contributed by atoms with Gasteiger partial charge >= 0.3 is 0 Å². The lowest BCUT2D eigenvalue weighted by atomic mass is 10.2. The van der Waals surface area contributed by atoms with Gasteiger partial charge in [-0.2, -0.15) is 0 Å². The second-order valence-corrected chi connectivity index (χ2v) is 6.40. The van der Waals surface area contributed by atoms with E-state index >= 15 is 0 Å². The summed E-state index contributed by atoms with van der Waals surface area (Å²) < 4.78 is 13.2. The number of halogens is 3. The third kappa shape index (κ3) is 3.99. The Morgan fingerprint density at radius 1 is 0.900 bits per heavy atom. The van der Waals surface area contributed by atoms with E-state index in [1.807, 2.05) is 36.4 Å². The van der Waals surface area contributed by atoms with Crippen LogP contribution in [-0.4, -0.2) is 7.11 Å². The lowest BCUT2D eigenvalue weighted by Gasteiger charge is -2.11. The first-order valence-electron chi connectivity index (χ1n) is 5.93. The van der Waals surface area contributed by atoms with Gasteiger partial charge in [0.15, 0.2) is 0 Å². The van der Waals surface area contributed by atoms with Crippen molar-refractivity contribution in [3.63, 3.8) is 0 Å². The van der Waals surface area contributed by atoms with Crippen molar-refractivity contribution in [2.45, 2.75) is 11.9 Å². The topological polar surface area (TPSA) is 18.5 Å². The van der Waals surface area contributed by atoms with Crippen LogP contribution >= 0.6 is 47.8 Å². The molecule has 0 saturated carbocycles. The number of methoxy groups -OCH3 is 1. The summed E-state index contributed by atoms with van der Waals surface area (Å²) in [7, 11) is 1.66. The summed E-state index contributed by atoms with van der Waals surface area (Å²) in [4.78, 5) is 0. The number of alkyl halides is 1. The minimum absolute atomic E-state index is 0.487. The molecule has 0 fully saturated rings. The Balaban J connectivity index is 2.12. The second-order valence-electron chi connectivity index (χ2n) is 4.13. The Labute approximate surface area is 143 Å². The molecule has 0 amide bonds. The summed E-state index contributed by atoms with van der Waals surface area (Å²) >= 11 is 10.5. The number of benzene rings is 2. The first-order valence-corrected chi connectivity index (χ1v) is 8.64. The fourth-order valence-corrected chi connectivity index (χ4v) is 3.28. The van der Waals surface area contributed by atoms with E-state index in [-0.39, 0.29) is 0 Å². The number of ether oxygens (including phenoxy) is 2. The van der Waals surface area contributed by atoms with Crippen LogP contribution in [0.3, 0.4) is 0 Å². The highest BCUT2D eigenvalue weighted by Crippen LogP contribution is 2.27. The van der Waals surface area contributed by atoms with E-state index in [1.165, 1.54) is 0 Å². The van der Waals surface area contributed by atoms with E-state index in [2.05, 4.69) is 47.8 Å². The molecule has 2 nitrogen and oxygen atoms in total. The van der Waals surface area contributed by atoms with Gasteiger partial charge in [-0.25, -0.2) is 0 Å². The fourth-order valence-electron chi connectivity index (χ4n) is 1.69. The molecule has 0 unspecified atom stereocenters. The largest absolute Gasteiger partial charge is 0.497 e. The van der Waals surface area contributed by atoms with Crippen LogP contribution < -0.4 is 9.47 Å². The lowest BCUT2D eigenvalue weighted by Crippen LogP contribution is -1.98. The summed E-state index contributed by atoms with van der Waals surface area (Å²) in [5, 5.41) is 0.785. The Hall–Kier alpha value is -0.520. The van der Waals surface area contributed by atoms with Crippen LogP contribution in [0.15, 0.2) is 45.3 Å². The molecule has 2 rings (SSSR count). The molecule has 0 aliphatic rings. The quantitative estimate of drug-likeness (QED) is 0.529. The molecule has 2 aromatic carbocycles. The third-order valence-corrected chi connectivity index (χ3v) is 4.96. The number of hydrogen-bond donors (Lipinski definition) is 0. The molecule has 0 N–H and O–H groups in total. The predicted octanol–water partition coefficient (Wildman–Crippen LogP) is 5.69. The first kappa shape index (κ1) is 15.9. The van der Waals surface area contributed by atoms with Crippen molar-refractivity contribution in [2.75, 3.05) is 7.11 Å². The van der Waals surface area contributed by atoms with Gasteiger partial charge in [0.25, 0.3) is 0 Å². The molecular formula is C15H13Br3O2. The standard InChI is InChI=1S/C15H13Br3O2/c1-19-12-2-4-15(18)11(7-12)9-20-13-3-5-14(17)10(6-13)8-16/h2-7H,8-9H2,1H3. The van der Waals surface area contributed by atoms with E-state index < -0.39 is 0 Å². The molecule has 2 aromatic rings. The normalized spacial score (nSPS) is 10.4. The van der Waals surface area contributed by atoms with Gasteiger partial charge in [0.05, 0.1) is 7.11 Å². The molecule has 0 aliphatic carbocycles. The zero-order valence-electron chi connectivity index (χ0n) is 10.8. The molecule has 20 heavy (non-hydrogen) atoms. The zero-order valence-corrected chi connectivity index (χ0v) is 15.6. The van der Waals surface area contributed by atoms with Crippen LogP contribution in [-0.2, 0) is 11.9 Å². The van der Waals surface area contributed by atoms with E-state index in [0.717, 1.165) is 36.9 Å². The van der Waals surface area contributed by atoms with Crippen LogP contribution in [0.5, 0.6) is 11.5 Å². The van der Waals surface area contributed by atoms with Gasteiger partial charge in [-0.1, -0.05) is 47.8 Å². The van der Waals surface area contributed by atoms with Crippen LogP contribution in [0.2, 0.25) is 0 Å². The average Bonchev–Trinajstić information content (AvgIpc) is 2.47. The minimum atomic E-state index is 0.487. The SMILES string of the molecule is COc1ccc(Br)c(COc2ccc(Br)c(CBr)c2)c1. The molecule has 0 radical (unpaired) electrons. The highest BCUT2D eigenvalue weighted by molar-refractivity contribution is 9.11. The summed E-state index contributed by atoms with van der Waals surface area (Å²) in [5.74, 6) is 1.67. The zero-order chi connectivity index (χ0) is 14.5. The number of rotatable bonds is 5. The van der Waals surface area contributed by atoms with Crippen molar-refractivity contribution in [3.05, 3.63) is 56.5 Å². The van der Waals surface area contributed by atoms with Crippen molar-refractivity contribution in [1.29, 1.82) is 0 Å². The summed E-state index contributed by atoms with van der Waals surface area (Å²) in [6, 6.07) is 11.8. The maximum absolute atomic E-state index is 5.84. The van der Waals surface area contributed by atoms with Crippen molar-refractivity contribution in [1.82, 2.24) is 0 Å². The van der Waals surface area contributed by atoms with Gasteiger partial charge in [-0.3, -0.25) is 0 Å². The summed E-state index contributed by atoms with van der Waals surface area (Å²) in [6.07, 6.45) is 0. The Bertz CT molecular complexity index is 600. The smallest absolute Gasteiger partial charge is 0.120 e. The van der Waals surface area contributed by atoms with E-state index in [9.17, 15) is 0 Å². The van der Waals surface area contributed by atoms with Crippen LogP contribution in [0, 0.1) is 0 Å². The minimum Gasteiger partial charge on any atom is -0.497 e. The van der Waals surface area contributed by atoms with Crippen molar-refractivity contribution in [2.24, 2.45) is 0 Å². The maximum atomic E-state index is 5.84. The molecule has 0 aromatic heterocycles. The highest BCUT2D eigenvalue weighted by Gasteiger charge is 2.05. The van der Waals surface area contributed by atoms with Crippen molar-refractivity contribution < 1.29 is 9.47 Å².